The number of rotatable bonds is 5. The summed E-state index contributed by atoms with van der Waals surface area (Å²) in [6, 6.07) is 7.89. The number of carbonyl (C=O) groups excluding carboxylic acids is 1. The van der Waals surface area contributed by atoms with Gasteiger partial charge in [-0.15, -0.1) is 0 Å². The molecule has 106 valence electrons. The molecule has 2 aromatic rings. The molecule has 1 unspecified atom stereocenters. The van der Waals surface area contributed by atoms with Crippen molar-refractivity contribution in [1.29, 1.82) is 0 Å². The summed E-state index contributed by atoms with van der Waals surface area (Å²) in [6.45, 7) is 6.49. The maximum Gasteiger partial charge on any atom is 0.310 e. The topological polar surface area (TPSA) is 44.1 Å². The van der Waals surface area contributed by atoms with Gasteiger partial charge in [0.05, 0.1) is 13.0 Å². The SMILES string of the molecule is Cc1cccc(C)c1CC(=O)OC(C)Cn1cccn1. The van der Waals surface area contributed by atoms with Crippen LogP contribution in [0.15, 0.2) is 36.7 Å². The van der Waals surface area contributed by atoms with Crippen molar-refractivity contribution >= 4 is 5.97 Å². The van der Waals surface area contributed by atoms with Crippen molar-refractivity contribution in [2.24, 2.45) is 0 Å². The highest BCUT2D eigenvalue weighted by Gasteiger charge is 2.13. The molecule has 0 spiro atoms. The Morgan fingerprint density at radius 3 is 2.60 bits per heavy atom. The fraction of sp³-hybridized carbons (Fsp3) is 0.375. The van der Waals surface area contributed by atoms with Crippen LogP contribution in [0.4, 0.5) is 0 Å². The van der Waals surface area contributed by atoms with E-state index in [0.717, 1.165) is 16.7 Å². The fourth-order valence-electron chi connectivity index (χ4n) is 2.25. The Balaban J connectivity index is 1.92. The molecular formula is C16H20N2O2. The van der Waals surface area contributed by atoms with Crippen LogP contribution in [-0.4, -0.2) is 21.9 Å². The number of carbonyl (C=O) groups is 1. The van der Waals surface area contributed by atoms with Crippen molar-refractivity contribution < 1.29 is 9.53 Å². The third-order valence-corrected chi connectivity index (χ3v) is 3.30. The number of aryl methyl sites for hydroxylation is 2. The summed E-state index contributed by atoms with van der Waals surface area (Å²) in [5.74, 6) is -0.193. The molecule has 20 heavy (non-hydrogen) atoms. The van der Waals surface area contributed by atoms with E-state index in [0.29, 0.717) is 13.0 Å². The highest BCUT2D eigenvalue weighted by Crippen LogP contribution is 2.14. The Morgan fingerprint density at radius 1 is 1.30 bits per heavy atom. The maximum absolute atomic E-state index is 12.0. The number of aromatic nitrogens is 2. The third kappa shape index (κ3) is 3.70. The maximum atomic E-state index is 12.0. The van der Waals surface area contributed by atoms with E-state index in [4.69, 9.17) is 4.74 Å². The molecule has 1 aromatic heterocycles. The Hall–Kier alpha value is -2.10. The monoisotopic (exact) mass is 272 g/mol. The molecule has 0 aliphatic rings. The van der Waals surface area contributed by atoms with Crippen LogP contribution in [-0.2, 0) is 22.5 Å². The average Bonchev–Trinajstić information content (AvgIpc) is 2.86. The Kier molecular flexibility index (Phi) is 4.56. The minimum atomic E-state index is -0.193. The molecule has 1 aromatic carbocycles. The highest BCUT2D eigenvalue weighted by atomic mass is 16.5. The number of hydrogen-bond acceptors (Lipinski definition) is 3. The van der Waals surface area contributed by atoms with Gasteiger partial charge in [0.25, 0.3) is 0 Å². The molecule has 0 aliphatic heterocycles. The van der Waals surface area contributed by atoms with Crippen molar-refractivity contribution in [1.82, 2.24) is 9.78 Å². The van der Waals surface area contributed by atoms with E-state index in [1.165, 1.54) is 0 Å². The van der Waals surface area contributed by atoms with E-state index in [1.807, 2.05) is 51.2 Å². The molecular weight excluding hydrogens is 252 g/mol. The molecule has 0 saturated heterocycles. The lowest BCUT2D eigenvalue weighted by atomic mass is 10.0. The van der Waals surface area contributed by atoms with Crippen molar-refractivity contribution in [3.8, 4) is 0 Å². The summed E-state index contributed by atoms with van der Waals surface area (Å²) in [4.78, 5) is 12.0. The van der Waals surface area contributed by atoms with Crippen LogP contribution in [0, 0.1) is 13.8 Å². The number of benzene rings is 1. The largest absolute Gasteiger partial charge is 0.460 e. The number of nitrogens with zero attached hydrogens (tertiary/aromatic N) is 2. The minimum absolute atomic E-state index is 0.188. The summed E-state index contributed by atoms with van der Waals surface area (Å²) < 4.78 is 7.20. The van der Waals surface area contributed by atoms with Gasteiger partial charge in [-0.05, 0) is 43.5 Å². The predicted octanol–water partition coefficient (Wildman–Crippen LogP) is 2.67. The van der Waals surface area contributed by atoms with Gasteiger partial charge in [-0.1, -0.05) is 18.2 Å². The molecule has 0 saturated carbocycles. The Morgan fingerprint density at radius 2 is 2.00 bits per heavy atom. The molecule has 0 N–H and O–H groups in total. The van der Waals surface area contributed by atoms with Crippen LogP contribution in [0.3, 0.4) is 0 Å². The molecule has 0 fully saturated rings. The lowest BCUT2D eigenvalue weighted by molar-refractivity contribution is -0.148. The second-order valence-corrected chi connectivity index (χ2v) is 5.08. The zero-order valence-electron chi connectivity index (χ0n) is 12.2. The number of hydrogen-bond donors (Lipinski definition) is 0. The van der Waals surface area contributed by atoms with Gasteiger partial charge in [0.15, 0.2) is 0 Å². The first-order valence-corrected chi connectivity index (χ1v) is 6.78. The van der Waals surface area contributed by atoms with Gasteiger partial charge in [0, 0.05) is 12.4 Å². The van der Waals surface area contributed by atoms with E-state index in [9.17, 15) is 4.79 Å². The molecule has 1 atom stereocenters. The third-order valence-electron chi connectivity index (χ3n) is 3.30. The molecule has 0 amide bonds. The Bertz CT molecular complexity index is 556. The lowest BCUT2D eigenvalue weighted by Gasteiger charge is -2.15. The van der Waals surface area contributed by atoms with Gasteiger partial charge in [-0.2, -0.15) is 5.10 Å². The highest BCUT2D eigenvalue weighted by molar-refractivity contribution is 5.73. The Labute approximate surface area is 119 Å². The number of ether oxygens (including phenoxy) is 1. The van der Waals surface area contributed by atoms with E-state index < -0.39 is 0 Å². The standard InChI is InChI=1S/C16H20N2O2/c1-12-6-4-7-13(2)15(12)10-16(19)20-14(3)11-18-9-5-8-17-18/h4-9,14H,10-11H2,1-3H3. The quantitative estimate of drug-likeness (QED) is 0.786. The van der Waals surface area contributed by atoms with Gasteiger partial charge < -0.3 is 4.74 Å². The molecule has 1 heterocycles. The van der Waals surface area contributed by atoms with Gasteiger partial charge in [-0.25, -0.2) is 0 Å². The summed E-state index contributed by atoms with van der Waals surface area (Å²) >= 11 is 0. The van der Waals surface area contributed by atoms with Crippen molar-refractivity contribution in [3.05, 3.63) is 53.3 Å². The van der Waals surface area contributed by atoms with Gasteiger partial charge in [0.1, 0.15) is 6.10 Å². The van der Waals surface area contributed by atoms with Crippen LogP contribution in [0.1, 0.15) is 23.6 Å². The molecule has 4 nitrogen and oxygen atoms in total. The van der Waals surface area contributed by atoms with E-state index in [-0.39, 0.29) is 12.1 Å². The second-order valence-electron chi connectivity index (χ2n) is 5.08. The van der Waals surface area contributed by atoms with Crippen LogP contribution in [0.5, 0.6) is 0 Å². The van der Waals surface area contributed by atoms with Crippen molar-refractivity contribution in [2.45, 2.75) is 39.8 Å². The minimum Gasteiger partial charge on any atom is -0.460 e. The van der Waals surface area contributed by atoms with Crippen LogP contribution >= 0.6 is 0 Å². The van der Waals surface area contributed by atoms with Gasteiger partial charge in [-0.3, -0.25) is 9.48 Å². The lowest BCUT2D eigenvalue weighted by Crippen LogP contribution is -2.22. The average molecular weight is 272 g/mol. The zero-order chi connectivity index (χ0) is 14.5. The first kappa shape index (κ1) is 14.3. The molecule has 0 bridgehead atoms. The number of esters is 1. The molecule has 2 rings (SSSR count). The predicted molar refractivity (Wildman–Crippen MR) is 77.4 cm³/mol. The smallest absolute Gasteiger partial charge is 0.310 e. The van der Waals surface area contributed by atoms with Crippen LogP contribution in [0.2, 0.25) is 0 Å². The fourth-order valence-corrected chi connectivity index (χ4v) is 2.25. The first-order chi connectivity index (χ1) is 9.56. The second kappa shape index (κ2) is 6.37. The van der Waals surface area contributed by atoms with Crippen LogP contribution < -0.4 is 0 Å². The van der Waals surface area contributed by atoms with Crippen molar-refractivity contribution in [2.75, 3.05) is 0 Å². The van der Waals surface area contributed by atoms with Crippen LogP contribution in [0.25, 0.3) is 0 Å². The summed E-state index contributed by atoms with van der Waals surface area (Å²) in [6.07, 6.45) is 3.70. The summed E-state index contributed by atoms with van der Waals surface area (Å²) in [7, 11) is 0. The molecule has 0 radical (unpaired) electrons. The summed E-state index contributed by atoms with van der Waals surface area (Å²) in [5, 5.41) is 4.10. The van der Waals surface area contributed by atoms with E-state index >= 15 is 0 Å². The van der Waals surface area contributed by atoms with Gasteiger partial charge in [0.2, 0.25) is 0 Å². The normalized spacial score (nSPS) is 12.2. The molecule has 0 aliphatic carbocycles. The van der Waals surface area contributed by atoms with E-state index in [2.05, 4.69) is 5.10 Å². The van der Waals surface area contributed by atoms with E-state index in [1.54, 1.807) is 10.9 Å². The summed E-state index contributed by atoms with van der Waals surface area (Å²) in [5.41, 5.74) is 3.31. The zero-order valence-corrected chi connectivity index (χ0v) is 12.2. The molecule has 4 heteroatoms. The van der Waals surface area contributed by atoms with Gasteiger partial charge >= 0.3 is 5.97 Å². The van der Waals surface area contributed by atoms with Crippen molar-refractivity contribution in [3.63, 3.8) is 0 Å². The first-order valence-electron chi connectivity index (χ1n) is 6.78.